The zero-order valence-corrected chi connectivity index (χ0v) is 10.7. The minimum atomic E-state index is 0.932. The summed E-state index contributed by atoms with van der Waals surface area (Å²) < 4.78 is 11.7. The van der Waals surface area contributed by atoms with Crippen LogP contribution in [0.1, 0.15) is 0 Å². The van der Waals surface area contributed by atoms with Crippen molar-refractivity contribution in [2.45, 2.75) is 0 Å². The second-order valence-electron chi connectivity index (χ2n) is 2.12. The molecule has 1 aliphatic carbocycles. The van der Waals surface area contributed by atoms with Crippen LogP contribution in [-0.2, 0) is 0 Å². The van der Waals surface area contributed by atoms with Crippen LogP contribution in [0.15, 0.2) is 27.5 Å². The van der Waals surface area contributed by atoms with Gasteiger partial charge in [-0.15, -0.1) is 0 Å². The van der Waals surface area contributed by atoms with Gasteiger partial charge in [0.05, 0.1) is 22.8 Å². The molecule has 0 aromatic rings. The van der Waals surface area contributed by atoms with Crippen LogP contribution in [0.4, 0.5) is 0 Å². The van der Waals surface area contributed by atoms with Gasteiger partial charge in [0, 0.05) is 36.0 Å². The van der Waals surface area contributed by atoms with Crippen molar-refractivity contribution in [2.24, 2.45) is 4.40 Å². The summed E-state index contributed by atoms with van der Waals surface area (Å²) in [5, 5.41) is 0. The van der Waals surface area contributed by atoms with E-state index in [1.165, 1.54) is 51.6 Å². The topological polar surface area (TPSA) is 39.7 Å². The number of hydrogen-bond donors (Lipinski definition) is 2. The van der Waals surface area contributed by atoms with E-state index < -0.39 is 0 Å². The molecule has 0 aromatic carbocycles. The second kappa shape index (κ2) is 5.71. The number of halogens is 1. The molecule has 14 heavy (non-hydrogen) atoms. The summed E-state index contributed by atoms with van der Waals surface area (Å²) in [6.07, 6.45) is 5.89. The van der Waals surface area contributed by atoms with Crippen LogP contribution in [0.2, 0.25) is 0 Å². The quantitative estimate of drug-likeness (QED) is 0.523. The van der Waals surface area contributed by atoms with Gasteiger partial charge in [-0.2, -0.15) is 12.7 Å². The Morgan fingerprint density at radius 3 is 3.29 bits per heavy atom. The number of nitrogens with zero attached hydrogens (tertiary/aromatic N) is 2. The molecule has 0 unspecified atom stereocenters. The standard InChI is InChI=1S/C5H5ClN4S4/c6-10-11-5-3-1-2-4(5)7-12-8-13-9-14-10/h1-3,8-9H/b7-4-. The van der Waals surface area contributed by atoms with Crippen LogP contribution < -0.4 is 8.25 Å². The fourth-order valence-corrected chi connectivity index (χ4v) is 3.88. The first-order valence-corrected chi connectivity index (χ1v) is 6.93. The van der Waals surface area contributed by atoms with Gasteiger partial charge in [0.25, 0.3) is 0 Å². The van der Waals surface area contributed by atoms with Crippen LogP contribution in [-0.4, -0.2) is 8.94 Å². The van der Waals surface area contributed by atoms with Gasteiger partial charge in [-0.05, 0) is 24.1 Å². The summed E-state index contributed by atoms with van der Waals surface area (Å²) in [6, 6.07) is 0. The third-order valence-electron chi connectivity index (χ3n) is 1.30. The van der Waals surface area contributed by atoms with E-state index in [1.54, 1.807) is 0 Å². The predicted octanol–water partition coefficient (Wildman–Crippen LogP) is 2.87. The molecule has 0 atom stereocenters. The Hall–Kier alpha value is 0.720. The Kier molecular flexibility index (Phi) is 4.57. The Morgan fingerprint density at radius 1 is 1.43 bits per heavy atom. The molecular weight excluding hydrogens is 280 g/mol. The highest BCUT2D eigenvalue weighted by Gasteiger charge is 2.15. The smallest absolute Gasteiger partial charge is 0.0878 e. The maximum Gasteiger partial charge on any atom is 0.0878 e. The van der Waals surface area contributed by atoms with Crippen LogP contribution in [0.25, 0.3) is 0 Å². The van der Waals surface area contributed by atoms with Gasteiger partial charge < -0.3 is 0 Å². The molecular formula is C5H5ClN4S4. The molecule has 9 heteroatoms. The molecule has 0 spiro atoms. The molecule has 4 nitrogen and oxygen atoms in total. The summed E-state index contributed by atoms with van der Waals surface area (Å²) in [4.78, 5) is 1.04. The lowest BCUT2D eigenvalue weighted by Crippen LogP contribution is -2.07. The van der Waals surface area contributed by atoms with Crippen molar-refractivity contribution in [1.29, 1.82) is 0 Å². The highest BCUT2D eigenvalue weighted by molar-refractivity contribution is 8.22. The fraction of sp³-hybridized carbons (Fsp3) is 0. The Labute approximate surface area is 104 Å². The van der Waals surface area contributed by atoms with Crippen molar-refractivity contribution in [3.63, 3.8) is 0 Å². The van der Waals surface area contributed by atoms with Crippen molar-refractivity contribution in [3.05, 3.63) is 23.1 Å². The molecule has 2 rings (SSSR count). The van der Waals surface area contributed by atoms with Crippen LogP contribution in [0.5, 0.6) is 0 Å². The molecule has 0 fully saturated rings. The number of allylic oxidation sites excluding steroid dienone is 4. The third kappa shape index (κ3) is 3.11. The van der Waals surface area contributed by atoms with Crippen molar-refractivity contribution in [3.8, 4) is 0 Å². The summed E-state index contributed by atoms with van der Waals surface area (Å²) in [6.45, 7) is 0. The minimum absolute atomic E-state index is 0.932. The van der Waals surface area contributed by atoms with Gasteiger partial charge in [-0.25, -0.2) is 0 Å². The maximum absolute atomic E-state index is 5.91. The predicted molar refractivity (Wildman–Crippen MR) is 69.0 cm³/mol. The van der Waals surface area contributed by atoms with Gasteiger partial charge >= 0.3 is 0 Å². The number of fused-ring (bicyclic) bond motifs is 1. The Bertz CT molecular complexity index is 304. The fourth-order valence-electron chi connectivity index (χ4n) is 0.794. The first-order chi connectivity index (χ1) is 6.86. The zero-order chi connectivity index (χ0) is 9.80. The van der Waals surface area contributed by atoms with E-state index in [0.717, 1.165) is 10.6 Å². The van der Waals surface area contributed by atoms with Crippen molar-refractivity contribution < 1.29 is 0 Å². The van der Waals surface area contributed by atoms with Gasteiger partial charge in [0.15, 0.2) is 0 Å². The lowest BCUT2D eigenvalue weighted by Gasteiger charge is -2.13. The highest BCUT2D eigenvalue weighted by atomic mass is 35.5. The SMILES string of the molecule is ClN1SNSNS/N=C2/C=CC=C2S1. The minimum Gasteiger partial charge on any atom is -0.198 e. The summed E-state index contributed by atoms with van der Waals surface area (Å²) in [5.41, 5.74) is 0.932. The number of nitrogens with one attached hydrogen (secondary N) is 2. The molecule has 1 aliphatic heterocycles. The van der Waals surface area contributed by atoms with Crippen molar-refractivity contribution >= 4 is 65.8 Å². The van der Waals surface area contributed by atoms with Crippen LogP contribution in [0, 0.1) is 0 Å². The molecule has 1 heterocycles. The normalized spacial score (nSPS) is 27.8. The lowest BCUT2D eigenvalue weighted by atomic mass is 10.4. The molecule has 0 saturated carbocycles. The monoisotopic (exact) mass is 284 g/mol. The Balaban J connectivity index is 2.09. The summed E-state index contributed by atoms with van der Waals surface area (Å²) in [5.74, 6) is 0. The van der Waals surface area contributed by atoms with Gasteiger partial charge in [0.2, 0.25) is 0 Å². The average molecular weight is 285 g/mol. The first kappa shape index (κ1) is 11.2. The van der Waals surface area contributed by atoms with E-state index >= 15 is 0 Å². The molecule has 76 valence electrons. The van der Waals surface area contributed by atoms with E-state index in [1.807, 2.05) is 18.2 Å². The molecule has 2 aliphatic rings. The summed E-state index contributed by atoms with van der Waals surface area (Å²) in [7, 11) is 0. The maximum atomic E-state index is 5.91. The highest BCUT2D eigenvalue weighted by Crippen LogP contribution is 2.34. The van der Waals surface area contributed by atoms with E-state index in [4.69, 9.17) is 11.8 Å². The number of hydrogen-bond acceptors (Lipinski definition) is 8. The molecule has 0 bridgehead atoms. The van der Waals surface area contributed by atoms with Gasteiger partial charge in [-0.1, -0.05) is 9.31 Å². The molecule has 0 amide bonds. The van der Waals surface area contributed by atoms with Crippen molar-refractivity contribution in [2.75, 3.05) is 0 Å². The molecule has 0 radical (unpaired) electrons. The molecule has 0 aromatic heterocycles. The van der Waals surface area contributed by atoms with Gasteiger partial charge in [0.1, 0.15) is 0 Å². The second-order valence-corrected chi connectivity index (χ2v) is 6.53. The van der Waals surface area contributed by atoms with Gasteiger partial charge in [-0.3, -0.25) is 0 Å². The van der Waals surface area contributed by atoms with E-state index in [2.05, 4.69) is 12.7 Å². The average Bonchev–Trinajstić information content (AvgIpc) is 2.59. The first-order valence-electron chi connectivity index (χ1n) is 3.45. The van der Waals surface area contributed by atoms with Crippen LogP contribution >= 0.6 is 60.1 Å². The zero-order valence-electron chi connectivity index (χ0n) is 6.64. The van der Waals surface area contributed by atoms with Crippen LogP contribution in [0.3, 0.4) is 0 Å². The van der Waals surface area contributed by atoms with E-state index in [-0.39, 0.29) is 0 Å². The Morgan fingerprint density at radius 2 is 2.36 bits per heavy atom. The molecule has 0 saturated heterocycles. The summed E-state index contributed by atoms with van der Waals surface area (Å²) >= 11 is 11.2. The van der Waals surface area contributed by atoms with Crippen molar-refractivity contribution in [1.82, 2.24) is 11.5 Å². The largest absolute Gasteiger partial charge is 0.198 e. The lowest BCUT2D eigenvalue weighted by molar-refractivity contribution is 1.25. The van der Waals surface area contributed by atoms with E-state index in [9.17, 15) is 0 Å². The van der Waals surface area contributed by atoms with E-state index in [0.29, 0.717) is 0 Å². The molecule has 2 N–H and O–H groups in total. The number of rotatable bonds is 0. The third-order valence-corrected chi connectivity index (χ3v) is 4.54.